The molecule has 18 heavy (non-hydrogen) atoms. The highest BCUT2D eigenvalue weighted by atomic mass is 16.1. The molecule has 0 unspecified atom stereocenters. The third kappa shape index (κ3) is 2.09. The minimum Gasteiger partial charge on any atom is -0.364 e. The summed E-state index contributed by atoms with van der Waals surface area (Å²) in [7, 11) is 0. The third-order valence-corrected chi connectivity index (χ3v) is 2.45. The van der Waals surface area contributed by atoms with Crippen molar-refractivity contribution >= 4 is 5.91 Å². The summed E-state index contributed by atoms with van der Waals surface area (Å²) in [5, 5.41) is 0. The topological polar surface area (TPSA) is 86.7 Å². The lowest BCUT2D eigenvalue weighted by atomic mass is 9.95. The van der Waals surface area contributed by atoms with E-state index < -0.39 is 5.91 Å². The van der Waals surface area contributed by atoms with Gasteiger partial charge in [0, 0.05) is 30.2 Å². The minimum atomic E-state index is -0.605. The number of rotatable bonds is 2. The molecule has 2 N–H and O–H groups in total. The molecule has 0 radical (unpaired) electrons. The van der Waals surface area contributed by atoms with Gasteiger partial charge in [-0.3, -0.25) is 9.36 Å². The number of carbonyl (C=O) groups excluding carboxylic acids is 1. The lowest BCUT2D eigenvalue weighted by Gasteiger charge is -2.19. The lowest BCUT2D eigenvalue weighted by Crippen LogP contribution is -2.22. The summed E-state index contributed by atoms with van der Waals surface area (Å²) in [4.78, 5) is 23.8. The maximum atomic E-state index is 11.4. The van der Waals surface area contributed by atoms with Crippen LogP contribution in [0.25, 0.3) is 5.82 Å². The van der Waals surface area contributed by atoms with E-state index in [9.17, 15) is 4.79 Å². The van der Waals surface area contributed by atoms with Gasteiger partial charge in [-0.2, -0.15) is 0 Å². The molecule has 0 saturated heterocycles. The van der Waals surface area contributed by atoms with Gasteiger partial charge in [0.25, 0.3) is 5.91 Å². The number of imidazole rings is 1. The predicted molar refractivity (Wildman–Crippen MR) is 66.4 cm³/mol. The van der Waals surface area contributed by atoms with Crippen LogP contribution < -0.4 is 5.73 Å². The van der Waals surface area contributed by atoms with Crippen LogP contribution in [0.4, 0.5) is 0 Å². The Morgan fingerprint density at radius 3 is 2.44 bits per heavy atom. The van der Waals surface area contributed by atoms with Crippen molar-refractivity contribution in [1.29, 1.82) is 0 Å². The highest BCUT2D eigenvalue weighted by Gasteiger charge is 2.23. The van der Waals surface area contributed by atoms with Gasteiger partial charge in [0.1, 0.15) is 5.82 Å². The van der Waals surface area contributed by atoms with Crippen molar-refractivity contribution in [3.05, 3.63) is 36.3 Å². The molecule has 2 heterocycles. The first-order valence-electron chi connectivity index (χ1n) is 5.56. The van der Waals surface area contributed by atoms with E-state index in [4.69, 9.17) is 5.73 Å². The molecule has 6 heteroatoms. The molecule has 2 aromatic heterocycles. The number of hydrogen-bond acceptors (Lipinski definition) is 4. The van der Waals surface area contributed by atoms with Crippen LogP contribution in [0.3, 0.4) is 0 Å². The Kier molecular flexibility index (Phi) is 2.86. The van der Waals surface area contributed by atoms with Crippen LogP contribution in [0, 0.1) is 0 Å². The smallest absolute Gasteiger partial charge is 0.271 e. The van der Waals surface area contributed by atoms with Crippen LogP contribution in [0.15, 0.2) is 24.8 Å². The number of primary amides is 1. The lowest BCUT2D eigenvalue weighted by molar-refractivity contribution is 0.0995. The molecular formula is C12H15N5O. The molecule has 6 nitrogen and oxygen atoms in total. The number of carbonyl (C=O) groups is 1. The van der Waals surface area contributed by atoms with Crippen molar-refractivity contribution in [3.8, 4) is 5.82 Å². The predicted octanol–water partition coefficient (Wildman–Crippen LogP) is 1.06. The maximum Gasteiger partial charge on any atom is 0.271 e. The van der Waals surface area contributed by atoms with Gasteiger partial charge in [-0.1, -0.05) is 20.8 Å². The summed E-state index contributed by atoms with van der Waals surface area (Å²) in [6.45, 7) is 6.10. The van der Waals surface area contributed by atoms with Crippen LogP contribution >= 0.6 is 0 Å². The first-order chi connectivity index (χ1) is 8.41. The van der Waals surface area contributed by atoms with Gasteiger partial charge < -0.3 is 5.73 Å². The first-order valence-corrected chi connectivity index (χ1v) is 5.56. The Hall–Kier alpha value is -2.24. The summed E-state index contributed by atoms with van der Waals surface area (Å²) >= 11 is 0. The molecule has 0 spiro atoms. The molecule has 0 bridgehead atoms. The average Bonchev–Trinajstić information content (AvgIpc) is 2.77. The van der Waals surface area contributed by atoms with Crippen LogP contribution in [-0.4, -0.2) is 25.4 Å². The zero-order chi connectivity index (χ0) is 13.3. The van der Waals surface area contributed by atoms with Gasteiger partial charge in [0.2, 0.25) is 0 Å². The van der Waals surface area contributed by atoms with E-state index in [1.165, 1.54) is 12.4 Å². The van der Waals surface area contributed by atoms with Crippen molar-refractivity contribution in [3.63, 3.8) is 0 Å². The second-order valence-electron chi connectivity index (χ2n) is 4.96. The molecule has 0 aromatic carbocycles. The van der Waals surface area contributed by atoms with Crippen LogP contribution in [0.5, 0.6) is 0 Å². The molecular weight excluding hydrogens is 230 g/mol. The standard InChI is InChI=1S/C12H15N5O/c1-12(2,3)11-16-6-7-17(11)10-8(9(13)18)14-4-5-15-10/h4-7H,1-3H3,(H2,13,18). The van der Waals surface area contributed by atoms with E-state index in [-0.39, 0.29) is 11.1 Å². The summed E-state index contributed by atoms with van der Waals surface area (Å²) in [6, 6.07) is 0. The molecule has 0 atom stereocenters. The average molecular weight is 245 g/mol. The van der Waals surface area contributed by atoms with Crippen LogP contribution in [-0.2, 0) is 5.41 Å². The van der Waals surface area contributed by atoms with Gasteiger partial charge in [0.15, 0.2) is 11.5 Å². The SMILES string of the molecule is CC(C)(C)c1nccn1-c1nccnc1C(N)=O. The molecule has 2 aromatic rings. The number of hydrogen-bond donors (Lipinski definition) is 1. The second kappa shape index (κ2) is 4.21. The van der Waals surface area contributed by atoms with Gasteiger partial charge in [-0.25, -0.2) is 15.0 Å². The summed E-state index contributed by atoms with van der Waals surface area (Å²) in [5.74, 6) is 0.601. The highest BCUT2D eigenvalue weighted by Crippen LogP contribution is 2.23. The minimum absolute atomic E-state index is 0.140. The second-order valence-corrected chi connectivity index (χ2v) is 4.96. The van der Waals surface area contributed by atoms with E-state index in [2.05, 4.69) is 15.0 Å². The van der Waals surface area contributed by atoms with Crippen molar-refractivity contribution in [1.82, 2.24) is 19.5 Å². The van der Waals surface area contributed by atoms with Gasteiger partial charge in [-0.15, -0.1) is 0 Å². The van der Waals surface area contributed by atoms with Crippen molar-refractivity contribution in [2.24, 2.45) is 5.73 Å². The van der Waals surface area contributed by atoms with Crippen molar-refractivity contribution in [2.45, 2.75) is 26.2 Å². The quantitative estimate of drug-likeness (QED) is 0.857. The van der Waals surface area contributed by atoms with E-state index in [1.807, 2.05) is 20.8 Å². The molecule has 1 amide bonds. The Bertz CT molecular complexity index is 582. The zero-order valence-electron chi connectivity index (χ0n) is 10.6. The highest BCUT2D eigenvalue weighted by molar-refractivity contribution is 5.93. The molecule has 2 rings (SSSR count). The van der Waals surface area contributed by atoms with E-state index in [0.29, 0.717) is 5.82 Å². The number of nitrogens with zero attached hydrogens (tertiary/aromatic N) is 4. The molecule has 0 fully saturated rings. The fraction of sp³-hybridized carbons (Fsp3) is 0.333. The molecule has 0 saturated carbocycles. The molecule has 0 aliphatic carbocycles. The Balaban J connectivity index is 2.64. The van der Waals surface area contributed by atoms with E-state index in [0.717, 1.165) is 5.82 Å². The fourth-order valence-electron chi connectivity index (χ4n) is 1.71. The van der Waals surface area contributed by atoms with Crippen LogP contribution in [0.1, 0.15) is 37.1 Å². The number of amides is 1. The Morgan fingerprint density at radius 1 is 1.17 bits per heavy atom. The molecule has 0 aliphatic heterocycles. The normalized spacial score (nSPS) is 11.5. The van der Waals surface area contributed by atoms with E-state index in [1.54, 1.807) is 17.0 Å². The van der Waals surface area contributed by atoms with Crippen LogP contribution in [0.2, 0.25) is 0 Å². The number of nitrogens with two attached hydrogens (primary N) is 1. The molecule has 0 aliphatic rings. The maximum absolute atomic E-state index is 11.4. The molecule has 94 valence electrons. The summed E-state index contributed by atoms with van der Waals surface area (Å²) < 4.78 is 1.74. The fourth-order valence-corrected chi connectivity index (χ4v) is 1.71. The Labute approximate surface area is 105 Å². The van der Waals surface area contributed by atoms with Crippen molar-refractivity contribution in [2.75, 3.05) is 0 Å². The van der Waals surface area contributed by atoms with Gasteiger partial charge in [-0.05, 0) is 0 Å². The monoisotopic (exact) mass is 245 g/mol. The van der Waals surface area contributed by atoms with Crippen molar-refractivity contribution < 1.29 is 4.79 Å². The number of aromatic nitrogens is 4. The largest absolute Gasteiger partial charge is 0.364 e. The zero-order valence-corrected chi connectivity index (χ0v) is 10.6. The van der Waals surface area contributed by atoms with Gasteiger partial charge >= 0.3 is 0 Å². The summed E-state index contributed by atoms with van der Waals surface area (Å²) in [5.41, 5.74) is 5.27. The first kappa shape index (κ1) is 12.2. The van der Waals surface area contributed by atoms with Gasteiger partial charge in [0.05, 0.1) is 0 Å². The third-order valence-electron chi connectivity index (χ3n) is 2.45. The Morgan fingerprint density at radius 2 is 1.83 bits per heavy atom. The summed E-state index contributed by atoms with van der Waals surface area (Å²) in [6.07, 6.45) is 6.38. The van der Waals surface area contributed by atoms with E-state index >= 15 is 0 Å².